The molecule has 5 heteroatoms. The van der Waals surface area contributed by atoms with Crippen molar-refractivity contribution in [1.82, 2.24) is 5.32 Å². The van der Waals surface area contributed by atoms with Crippen molar-refractivity contribution >= 4 is 15.9 Å². The van der Waals surface area contributed by atoms with Gasteiger partial charge in [-0.05, 0) is 59.4 Å². The lowest BCUT2D eigenvalue weighted by atomic mass is 9.87. The average molecular weight is 358 g/mol. The molecule has 0 aliphatic carbocycles. The highest BCUT2D eigenvalue weighted by molar-refractivity contribution is 9.10. The summed E-state index contributed by atoms with van der Waals surface area (Å²) in [7, 11) is 3.70. The second-order valence-electron chi connectivity index (χ2n) is 5.25. The van der Waals surface area contributed by atoms with Crippen LogP contribution in [0.3, 0.4) is 0 Å². The van der Waals surface area contributed by atoms with E-state index in [2.05, 4.69) is 33.4 Å². The van der Waals surface area contributed by atoms with E-state index in [0.717, 1.165) is 36.3 Å². The molecule has 1 heterocycles. The third kappa shape index (κ3) is 4.68. The van der Waals surface area contributed by atoms with Gasteiger partial charge in [-0.15, -0.1) is 0 Å². The molecule has 1 aliphatic rings. The van der Waals surface area contributed by atoms with E-state index in [1.54, 1.807) is 7.11 Å². The maximum atomic E-state index is 5.68. The Morgan fingerprint density at radius 1 is 1.33 bits per heavy atom. The van der Waals surface area contributed by atoms with Gasteiger partial charge in [0.15, 0.2) is 0 Å². The fourth-order valence-corrected chi connectivity index (χ4v) is 3.30. The molecule has 21 heavy (non-hydrogen) atoms. The summed E-state index contributed by atoms with van der Waals surface area (Å²) in [5.74, 6) is 1.48. The highest BCUT2D eigenvalue weighted by Gasteiger charge is 2.24. The maximum Gasteiger partial charge on any atom is 0.133 e. The highest BCUT2D eigenvalue weighted by atomic mass is 79.9. The summed E-state index contributed by atoms with van der Waals surface area (Å²) in [5, 5.41) is 3.45. The van der Waals surface area contributed by atoms with Crippen LogP contribution in [0.2, 0.25) is 0 Å². The maximum absolute atomic E-state index is 5.68. The number of hydrogen-bond acceptors (Lipinski definition) is 4. The summed E-state index contributed by atoms with van der Waals surface area (Å²) in [5.41, 5.74) is 1.29. The Kier molecular flexibility index (Phi) is 6.96. The first-order valence-corrected chi connectivity index (χ1v) is 8.21. The normalized spacial score (nSPS) is 17.7. The Bertz CT molecular complexity index is 436. The van der Waals surface area contributed by atoms with Gasteiger partial charge in [0.05, 0.1) is 11.1 Å². The summed E-state index contributed by atoms with van der Waals surface area (Å²) in [6, 6.07) is 6.68. The zero-order valence-corrected chi connectivity index (χ0v) is 14.3. The predicted octanol–water partition coefficient (Wildman–Crippen LogP) is 3.16. The Labute approximate surface area is 135 Å². The second kappa shape index (κ2) is 8.73. The van der Waals surface area contributed by atoms with Crippen molar-refractivity contribution < 1.29 is 14.2 Å². The minimum Gasteiger partial charge on any atom is -0.490 e. The van der Waals surface area contributed by atoms with Crippen LogP contribution in [0.25, 0.3) is 0 Å². The second-order valence-corrected chi connectivity index (χ2v) is 6.10. The number of nitrogens with one attached hydrogen (secondary N) is 1. The number of methoxy groups -OCH3 is 1. The third-order valence-corrected chi connectivity index (χ3v) is 4.53. The van der Waals surface area contributed by atoms with Gasteiger partial charge in [0.25, 0.3) is 0 Å². The largest absolute Gasteiger partial charge is 0.490 e. The zero-order chi connectivity index (χ0) is 15.1. The van der Waals surface area contributed by atoms with E-state index in [1.807, 2.05) is 13.1 Å². The monoisotopic (exact) mass is 357 g/mol. The standard InChI is InChI=1S/C16H24BrNO3/c1-18-16(12-5-7-20-8-6-12)13-3-4-15(14(17)11-13)21-10-9-19-2/h3-4,11-12,16,18H,5-10H2,1-2H3. The summed E-state index contributed by atoms with van der Waals surface area (Å²) in [6.07, 6.45) is 2.21. The molecule has 0 aromatic heterocycles. The number of hydrogen-bond donors (Lipinski definition) is 1. The van der Waals surface area contributed by atoms with Crippen LogP contribution in [-0.4, -0.2) is 40.6 Å². The van der Waals surface area contributed by atoms with Crippen LogP contribution in [0.4, 0.5) is 0 Å². The molecule has 0 saturated carbocycles. The fraction of sp³-hybridized carbons (Fsp3) is 0.625. The number of ether oxygens (including phenoxy) is 3. The Hall–Kier alpha value is -0.620. The molecule has 0 amide bonds. The molecular formula is C16H24BrNO3. The smallest absolute Gasteiger partial charge is 0.133 e. The average Bonchev–Trinajstić information content (AvgIpc) is 2.51. The van der Waals surface area contributed by atoms with E-state index in [-0.39, 0.29) is 0 Å². The van der Waals surface area contributed by atoms with Gasteiger partial charge in [-0.1, -0.05) is 6.07 Å². The van der Waals surface area contributed by atoms with Gasteiger partial charge in [-0.25, -0.2) is 0 Å². The molecule has 1 aromatic carbocycles. The molecule has 118 valence electrons. The van der Waals surface area contributed by atoms with Crippen LogP contribution in [0.5, 0.6) is 5.75 Å². The van der Waals surface area contributed by atoms with Crippen LogP contribution >= 0.6 is 15.9 Å². The Morgan fingerprint density at radius 3 is 2.71 bits per heavy atom. The topological polar surface area (TPSA) is 39.7 Å². The molecule has 1 atom stereocenters. The third-order valence-electron chi connectivity index (χ3n) is 3.91. The molecule has 1 saturated heterocycles. The first kappa shape index (κ1) is 16.7. The van der Waals surface area contributed by atoms with Gasteiger partial charge in [0.2, 0.25) is 0 Å². The SMILES string of the molecule is CNC(c1ccc(OCCOC)c(Br)c1)C1CCOCC1. The van der Waals surface area contributed by atoms with Crippen LogP contribution < -0.4 is 10.1 Å². The molecule has 1 aliphatic heterocycles. The van der Waals surface area contributed by atoms with Gasteiger partial charge in [0, 0.05) is 26.4 Å². The van der Waals surface area contributed by atoms with Gasteiger partial charge in [0.1, 0.15) is 12.4 Å². The molecule has 1 N–H and O–H groups in total. The summed E-state index contributed by atoms with van der Waals surface area (Å²) < 4.78 is 17.1. The quantitative estimate of drug-likeness (QED) is 0.760. The molecule has 0 bridgehead atoms. The molecule has 4 nitrogen and oxygen atoms in total. The lowest BCUT2D eigenvalue weighted by Crippen LogP contribution is -2.30. The number of benzene rings is 1. The van der Waals surface area contributed by atoms with E-state index in [9.17, 15) is 0 Å². The minimum atomic E-state index is 0.359. The Morgan fingerprint density at radius 2 is 2.10 bits per heavy atom. The van der Waals surface area contributed by atoms with Crippen LogP contribution in [0.1, 0.15) is 24.4 Å². The molecule has 1 unspecified atom stereocenters. The van der Waals surface area contributed by atoms with Gasteiger partial charge >= 0.3 is 0 Å². The van der Waals surface area contributed by atoms with Crippen LogP contribution in [0, 0.1) is 5.92 Å². The van der Waals surface area contributed by atoms with E-state index >= 15 is 0 Å². The molecule has 2 rings (SSSR count). The van der Waals surface area contributed by atoms with E-state index in [4.69, 9.17) is 14.2 Å². The fourth-order valence-electron chi connectivity index (χ4n) is 2.79. The van der Waals surface area contributed by atoms with E-state index in [1.165, 1.54) is 5.56 Å². The summed E-state index contributed by atoms with van der Waals surface area (Å²) in [6.45, 7) is 2.88. The zero-order valence-electron chi connectivity index (χ0n) is 12.7. The number of halogens is 1. The van der Waals surface area contributed by atoms with E-state index in [0.29, 0.717) is 25.2 Å². The van der Waals surface area contributed by atoms with Crippen molar-refractivity contribution in [2.24, 2.45) is 5.92 Å². The van der Waals surface area contributed by atoms with Crippen LogP contribution in [0.15, 0.2) is 22.7 Å². The van der Waals surface area contributed by atoms with Crippen molar-refractivity contribution in [2.45, 2.75) is 18.9 Å². The summed E-state index contributed by atoms with van der Waals surface area (Å²) >= 11 is 3.60. The van der Waals surface area contributed by atoms with Crippen molar-refractivity contribution in [3.63, 3.8) is 0 Å². The lowest BCUT2D eigenvalue weighted by Gasteiger charge is -2.30. The molecular weight excluding hydrogens is 334 g/mol. The summed E-state index contributed by atoms with van der Waals surface area (Å²) in [4.78, 5) is 0. The molecule has 1 aromatic rings. The lowest BCUT2D eigenvalue weighted by molar-refractivity contribution is 0.0546. The van der Waals surface area contributed by atoms with Crippen LogP contribution in [-0.2, 0) is 9.47 Å². The van der Waals surface area contributed by atoms with E-state index < -0.39 is 0 Å². The first-order valence-electron chi connectivity index (χ1n) is 7.42. The van der Waals surface area contributed by atoms with Gasteiger partial charge < -0.3 is 19.5 Å². The first-order chi connectivity index (χ1) is 10.3. The van der Waals surface area contributed by atoms with Gasteiger partial charge in [-0.3, -0.25) is 0 Å². The number of rotatable bonds is 7. The minimum absolute atomic E-state index is 0.359. The van der Waals surface area contributed by atoms with Crippen molar-refractivity contribution in [1.29, 1.82) is 0 Å². The molecule has 1 fully saturated rings. The predicted molar refractivity (Wildman–Crippen MR) is 86.9 cm³/mol. The molecule has 0 spiro atoms. The van der Waals surface area contributed by atoms with Gasteiger partial charge in [-0.2, -0.15) is 0 Å². The molecule has 0 radical (unpaired) electrons. The van der Waals surface area contributed by atoms with Crippen molar-refractivity contribution in [3.8, 4) is 5.75 Å². The van der Waals surface area contributed by atoms with Crippen molar-refractivity contribution in [3.05, 3.63) is 28.2 Å². The Balaban J connectivity index is 2.05. The van der Waals surface area contributed by atoms with Crippen molar-refractivity contribution in [2.75, 3.05) is 40.6 Å². The highest BCUT2D eigenvalue weighted by Crippen LogP contribution is 2.34.